The van der Waals surface area contributed by atoms with Crippen molar-refractivity contribution in [2.75, 3.05) is 0 Å². The maximum absolute atomic E-state index is 13.4. The van der Waals surface area contributed by atoms with Crippen LogP contribution in [0.15, 0.2) is 24.5 Å². The van der Waals surface area contributed by atoms with Gasteiger partial charge in [-0.3, -0.25) is 14.8 Å². The number of carbonyl (C=O) groups is 1. The minimum Gasteiger partial charge on any atom is -0.383 e. The Hall–Kier alpha value is -2.22. The molecule has 5 nitrogen and oxygen atoms in total. The molecule has 1 aromatic heterocycles. The van der Waals surface area contributed by atoms with E-state index >= 15 is 0 Å². The number of nitrogens with one attached hydrogen (secondary N) is 1. The van der Waals surface area contributed by atoms with Crippen molar-refractivity contribution in [3.63, 3.8) is 0 Å². The van der Waals surface area contributed by atoms with E-state index in [9.17, 15) is 23.1 Å². The van der Waals surface area contributed by atoms with Crippen LogP contribution in [0.25, 0.3) is 11.0 Å². The molecule has 2 N–H and O–H groups in total. The van der Waals surface area contributed by atoms with E-state index < -0.39 is 29.2 Å². The first kappa shape index (κ1) is 22.5. The van der Waals surface area contributed by atoms with E-state index in [0.717, 1.165) is 18.9 Å². The summed E-state index contributed by atoms with van der Waals surface area (Å²) >= 11 is 0. The second-order valence-corrected chi connectivity index (χ2v) is 9.44. The van der Waals surface area contributed by atoms with Gasteiger partial charge in [-0.1, -0.05) is 33.8 Å². The first-order chi connectivity index (χ1) is 13.9. The van der Waals surface area contributed by atoms with Crippen LogP contribution in [0.1, 0.15) is 64.0 Å². The van der Waals surface area contributed by atoms with Gasteiger partial charge in [-0.25, -0.2) is 0 Å². The van der Waals surface area contributed by atoms with Crippen molar-refractivity contribution < 1.29 is 23.1 Å². The van der Waals surface area contributed by atoms with Crippen LogP contribution < -0.4 is 5.32 Å². The Labute approximate surface area is 174 Å². The number of nitrogens with zero attached hydrogens (tertiary/aromatic N) is 2. The summed E-state index contributed by atoms with van der Waals surface area (Å²) in [5.74, 6) is -0.223. The van der Waals surface area contributed by atoms with Gasteiger partial charge in [0.15, 0.2) is 0 Å². The molecule has 1 amide bonds. The predicted molar refractivity (Wildman–Crippen MR) is 108 cm³/mol. The van der Waals surface area contributed by atoms with Gasteiger partial charge in [-0.05, 0) is 48.1 Å². The third-order valence-corrected chi connectivity index (χ3v) is 5.76. The molecule has 0 radical (unpaired) electrons. The molecule has 0 saturated heterocycles. The van der Waals surface area contributed by atoms with E-state index in [1.165, 1.54) is 18.5 Å². The molecular weight excluding hydrogens is 395 g/mol. The lowest BCUT2D eigenvalue weighted by Crippen LogP contribution is -2.48. The maximum Gasteiger partial charge on any atom is 0.418 e. The number of rotatable bonds is 3. The predicted octanol–water partition coefficient (Wildman–Crippen LogP) is 4.44. The number of alkyl halides is 3. The number of hydrogen-bond acceptors (Lipinski definition) is 4. The van der Waals surface area contributed by atoms with E-state index in [1.807, 2.05) is 0 Å². The van der Waals surface area contributed by atoms with Gasteiger partial charge < -0.3 is 10.4 Å². The normalized spacial score (nSPS) is 23.9. The van der Waals surface area contributed by atoms with Crippen molar-refractivity contribution in [3.05, 3.63) is 35.7 Å². The van der Waals surface area contributed by atoms with Crippen molar-refractivity contribution in [2.24, 2.45) is 11.3 Å². The van der Waals surface area contributed by atoms with Crippen LogP contribution >= 0.6 is 0 Å². The molecule has 8 heteroatoms. The number of benzene rings is 1. The molecule has 1 unspecified atom stereocenters. The summed E-state index contributed by atoms with van der Waals surface area (Å²) < 4.78 is 40.2. The first-order valence-electron chi connectivity index (χ1n) is 10.2. The van der Waals surface area contributed by atoms with Crippen LogP contribution in [0, 0.1) is 11.3 Å². The van der Waals surface area contributed by atoms with Gasteiger partial charge >= 0.3 is 6.18 Å². The molecule has 0 bridgehead atoms. The summed E-state index contributed by atoms with van der Waals surface area (Å²) in [6.45, 7) is 7.42. The number of amides is 1. The summed E-state index contributed by atoms with van der Waals surface area (Å²) in [4.78, 5) is 20.6. The fourth-order valence-corrected chi connectivity index (χ4v) is 4.28. The minimum absolute atomic E-state index is 0.0627. The smallest absolute Gasteiger partial charge is 0.383 e. The van der Waals surface area contributed by atoms with Crippen LogP contribution in [0.3, 0.4) is 0 Å². The highest BCUT2D eigenvalue weighted by atomic mass is 19.4. The lowest BCUT2D eigenvalue weighted by Gasteiger charge is -2.36. The first-order valence-corrected chi connectivity index (χ1v) is 10.2. The average Bonchev–Trinajstić information content (AvgIpc) is 2.64. The van der Waals surface area contributed by atoms with Crippen LogP contribution in [-0.2, 0) is 11.0 Å². The second-order valence-electron chi connectivity index (χ2n) is 9.44. The Morgan fingerprint density at radius 2 is 1.73 bits per heavy atom. The Bertz CT molecular complexity index is 924. The van der Waals surface area contributed by atoms with E-state index in [0.29, 0.717) is 12.0 Å². The van der Waals surface area contributed by atoms with E-state index in [1.54, 1.807) is 20.8 Å². The Balaban J connectivity index is 1.89. The minimum atomic E-state index is -4.51. The van der Waals surface area contributed by atoms with Crippen molar-refractivity contribution >= 4 is 16.9 Å². The van der Waals surface area contributed by atoms with Gasteiger partial charge in [0.1, 0.15) is 11.6 Å². The van der Waals surface area contributed by atoms with Gasteiger partial charge in [-0.15, -0.1) is 0 Å². The van der Waals surface area contributed by atoms with Crippen molar-refractivity contribution in [1.29, 1.82) is 0 Å². The van der Waals surface area contributed by atoms with Gasteiger partial charge in [0, 0.05) is 18.4 Å². The summed E-state index contributed by atoms with van der Waals surface area (Å²) in [7, 11) is 0. The van der Waals surface area contributed by atoms with Crippen LogP contribution in [0.5, 0.6) is 0 Å². The number of hydrogen-bond donors (Lipinski definition) is 2. The van der Waals surface area contributed by atoms with Gasteiger partial charge in [0.25, 0.3) is 0 Å². The highest BCUT2D eigenvalue weighted by molar-refractivity contribution is 5.83. The molecule has 3 rings (SSSR count). The number of carbonyl (C=O) groups excluding carboxylic acids is 1. The molecule has 1 fully saturated rings. The molecular formula is C22H28F3N3O2. The van der Waals surface area contributed by atoms with Gasteiger partial charge in [0.2, 0.25) is 5.91 Å². The molecule has 1 heterocycles. The SMILES string of the molecule is C[C@H]1C[C@@H](NC(=O)C(O)C(C)(C)C)C[C@@H](c2ccc(C(F)(F)F)c3nccnc23)C1. The number of aliphatic hydroxyl groups is 1. The molecule has 30 heavy (non-hydrogen) atoms. The zero-order valence-electron chi connectivity index (χ0n) is 17.6. The third kappa shape index (κ3) is 4.74. The van der Waals surface area contributed by atoms with Crippen LogP contribution in [0.4, 0.5) is 13.2 Å². The van der Waals surface area contributed by atoms with Crippen LogP contribution in [-0.4, -0.2) is 33.1 Å². The molecule has 1 aliphatic carbocycles. The van der Waals surface area contributed by atoms with Gasteiger partial charge in [-0.2, -0.15) is 13.2 Å². The molecule has 1 aromatic carbocycles. The zero-order valence-corrected chi connectivity index (χ0v) is 17.6. The lowest BCUT2D eigenvalue weighted by molar-refractivity contribution is -0.137. The molecule has 0 aliphatic heterocycles. The highest BCUT2D eigenvalue weighted by Crippen LogP contribution is 2.41. The Morgan fingerprint density at radius 3 is 2.33 bits per heavy atom. The van der Waals surface area contributed by atoms with E-state index in [4.69, 9.17) is 0 Å². The molecule has 0 spiro atoms. The molecule has 1 aliphatic rings. The van der Waals surface area contributed by atoms with Crippen molar-refractivity contribution in [3.8, 4) is 0 Å². The quantitative estimate of drug-likeness (QED) is 0.765. The molecule has 164 valence electrons. The Morgan fingerprint density at radius 1 is 1.10 bits per heavy atom. The van der Waals surface area contributed by atoms with Crippen molar-refractivity contribution in [2.45, 2.75) is 71.2 Å². The van der Waals surface area contributed by atoms with Crippen molar-refractivity contribution in [1.82, 2.24) is 15.3 Å². The lowest BCUT2D eigenvalue weighted by atomic mass is 9.75. The number of fused-ring (bicyclic) bond motifs is 1. The molecule has 2 aromatic rings. The zero-order chi connectivity index (χ0) is 22.3. The number of aliphatic hydroxyl groups excluding tert-OH is 1. The van der Waals surface area contributed by atoms with Gasteiger partial charge in [0.05, 0.1) is 11.1 Å². The largest absolute Gasteiger partial charge is 0.418 e. The fraction of sp³-hybridized carbons (Fsp3) is 0.591. The summed E-state index contributed by atoms with van der Waals surface area (Å²) in [5.41, 5.74) is -0.552. The number of halogens is 3. The topological polar surface area (TPSA) is 75.1 Å². The standard InChI is InChI=1S/C22H28F3N3O2/c1-12-9-13(11-14(10-12)28-20(30)19(29)21(2,3)4)15-5-6-16(22(23,24)25)18-17(15)26-7-8-27-18/h5-8,12-14,19,29H,9-11H2,1-4H3,(H,28,30)/t12-,13+,14-,19?/m1/s1. The number of aromatic nitrogens is 2. The third-order valence-electron chi connectivity index (χ3n) is 5.76. The summed E-state index contributed by atoms with van der Waals surface area (Å²) in [6.07, 6.45) is -0.866. The fourth-order valence-electron chi connectivity index (χ4n) is 4.28. The van der Waals surface area contributed by atoms with Crippen LogP contribution in [0.2, 0.25) is 0 Å². The molecule has 1 saturated carbocycles. The van der Waals surface area contributed by atoms with E-state index in [-0.39, 0.29) is 28.9 Å². The highest BCUT2D eigenvalue weighted by Gasteiger charge is 2.37. The molecule has 4 atom stereocenters. The monoisotopic (exact) mass is 423 g/mol. The maximum atomic E-state index is 13.4. The average molecular weight is 423 g/mol. The Kier molecular flexibility index (Phi) is 6.09. The summed E-state index contributed by atoms with van der Waals surface area (Å²) in [5, 5.41) is 13.2. The summed E-state index contributed by atoms with van der Waals surface area (Å²) in [6, 6.07) is 2.39. The second kappa shape index (κ2) is 8.13. The van der Waals surface area contributed by atoms with E-state index in [2.05, 4.69) is 22.2 Å².